The van der Waals surface area contributed by atoms with Crippen LogP contribution in [0.15, 0.2) is 176 Å². The highest BCUT2D eigenvalue weighted by atomic mass is 32.1. The number of fused-ring (bicyclic) bond motifs is 8. The van der Waals surface area contributed by atoms with E-state index in [1.54, 1.807) is 0 Å². The number of rotatable bonds is 5. The maximum atomic E-state index is 5.11. The minimum Gasteiger partial charge on any atom is -0.316 e. The Hall–Kier alpha value is -6.89. The lowest BCUT2D eigenvalue weighted by atomic mass is 10.1. The third-order valence-electron chi connectivity index (χ3n) is 10.2. The number of hydrogen-bond acceptors (Lipinski definition) is 4. The fourth-order valence-corrected chi connectivity index (χ4v) is 9.14. The predicted molar refractivity (Wildman–Crippen MR) is 220 cm³/mol. The van der Waals surface area contributed by atoms with Gasteiger partial charge >= 0.3 is 0 Å². The first-order valence-electron chi connectivity index (χ1n) is 17.7. The molecule has 0 aliphatic heterocycles. The van der Waals surface area contributed by atoms with Crippen molar-refractivity contribution >= 4 is 64.2 Å². The van der Waals surface area contributed by atoms with Gasteiger partial charge in [-0.15, -0.1) is 11.3 Å². The summed E-state index contributed by atoms with van der Waals surface area (Å²) in [7, 11) is 0. The summed E-state index contributed by atoms with van der Waals surface area (Å²) >= 11 is 1.81. The summed E-state index contributed by atoms with van der Waals surface area (Å²) < 4.78 is 7.13. The zero-order valence-electron chi connectivity index (χ0n) is 28.4. The third-order valence-corrected chi connectivity index (χ3v) is 11.5. The Bertz CT molecular complexity index is 3100. The second-order valence-electron chi connectivity index (χ2n) is 13.2. The van der Waals surface area contributed by atoms with Crippen LogP contribution < -0.4 is 0 Å². The number of aromatic nitrogens is 5. The quantitative estimate of drug-likeness (QED) is 0.180. The molecule has 0 amide bonds. The molecule has 0 aliphatic rings. The van der Waals surface area contributed by atoms with Crippen LogP contribution in [-0.2, 0) is 0 Å². The van der Waals surface area contributed by atoms with Gasteiger partial charge in [-0.3, -0.25) is 0 Å². The Morgan fingerprint density at radius 2 is 1.00 bits per heavy atom. The third kappa shape index (κ3) is 4.66. The van der Waals surface area contributed by atoms with Crippen molar-refractivity contribution in [2.75, 3.05) is 0 Å². The van der Waals surface area contributed by atoms with E-state index in [9.17, 15) is 0 Å². The molecular weight excluding hydrogens is 667 g/mol. The van der Waals surface area contributed by atoms with Crippen molar-refractivity contribution in [2.45, 2.75) is 0 Å². The normalized spacial score (nSPS) is 11.8. The summed E-state index contributed by atoms with van der Waals surface area (Å²) in [5, 5.41) is 6.10. The fraction of sp³-hybridized carbons (Fsp3) is 0. The Morgan fingerprint density at radius 3 is 1.74 bits per heavy atom. The van der Waals surface area contributed by atoms with E-state index >= 15 is 0 Å². The topological polar surface area (TPSA) is 48.5 Å². The molecule has 5 nitrogen and oxygen atoms in total. The van der Waals surface area contributed by atoms with Gasteiger partial charge in [-0.2, -0.15) is 0 Å². The number of para-hydroxylation sites is 2. The molecule has 53 heavy (non-hydrogen) atoms. The molecular formula is C47H29N5S. The van der Waals surface area contributed by atoms with E-state index in [0.29, 0.717) is 17.5 Å². The molecule has 248 valence electrons. The summed E-state index contributed by atoms with van der Waals surface area (Å²) in [4.78, 5) is 15.2. The van der Waals surface area contributed by atoms with Crippen molar-refractivity contribution < 1.29 is 0 Å². The van der Waals surface area contributed by atoms with Gasteiger partial charge < -0.3 is 9.13 Å². The van der Waals surface area contributed by atoms with E-state index in [2.05, 4.69) is 149 Å². The van der Waals surface area contributed by atoms with Gasteiger partial charge in [0.05, 0.1) is 26.9 Å². The van der Waals surface area contributed by atoms with Crippen molar-refractivity contribution in [1.82, 2.24) is 24.1 Å². The molecule has 11 rings (SSSR count). The van der Waals surface area contributed by atoms with Gasteiger partial charge in [0.2, 0.25) is 0 Å². The van der Waals surface area contributed by atoms with Crippen LogP contribution in [0, 0.1) is 0 Å². The highest BCUT2D eigenvalue weighted by molar-refractivity contribution is 7.26. The van der Waals surface area contributed by atoms with Gasteiger partial charge in [-0.25, -0.2) is 15.0 Å². The molecule has 11 aromatic rings. The second-order valence-corrected chi connectivity index (χ2v) is 14.3. The lowest BCUT2D eigenvalue weighted by molar-refractivity contribution is 1.08. The predicted octanol–water partition coefficient (Wildman–Crippen LogP) is 12.3. The zero-order chi connectivity index (χ0) is 34.9. The second kappa shape index (κ2) is 11.8. The molecule has 0 unspecified atom stereocenters. The maximum Gasteiger partial charge on any atom is 0.165 e. The standard InChI is InChI=1S/C47H29N5S/c1-4-14-30(15-5-1)45-48-46(31-16-6-2-7-17-31)50-47(49-45)38-23-12-21-35-36-22-13-25-41(44(36)53-43(35)38)52-40-24-11-10-20-33(40)34-26-27-39-37(42(34)52)28-29-51(39)32-18-8-3-9-19-32/h1-29H. The van der Waals surface area contributed by atoms with Gasteiger partial charge in [0, 0.05) is 60.2 Å². The number of thiophene rings is 1. The average molecular weight is 696 g/mol. The molecule has 0 saturated heterocycles. The summed E-state index contributed by atoms with van der Waals surface area (Å²) in [5.41, 5.74) is 8.79. The number of nitrogens with zero attached hydrogens (tertiary/aromatic N) is 5. The van der Waals surface area contributed by atoms with Gasteiger partial charge in [0.25, 0.3) is 0 Å². The number of hydrogen-bond donors (Lipinski definition) is 0. The van der Waals surface area contributed by atoms with Crippen molar-refractivity contribution in [3.63, 3.8) is 0 Å². The van der Waals surface area contributed by atoms with Crippen LogP contribution >= 0.6 is 11.3 Å². The molecule has 0 bridgehead atoms. The smallest absolute Gasteiger partial charge is 0.165 e. The van der Waals surface area contributed by atoms with Crippen LogP contribution in [0.5, 0.6) is 0 Å². The maximum absolute atomic E-state index is 5.11. The molecule has 0 saturated carbocycles. The lowest BCUT2D eigenvalue weighted by Crippen LogP contribution is -2.00. The first kappa shape index (κ1) is 29.8. The van der Waals surface area contributed by atoms with Crippen molar-refractivity contribution in [2.24, 2.45) is 0 Å². The Balaban J connectivity index is 1.18. The van der Waals surface area contributed by atoms with Crippen LogP contribution in [0.3, 0.4) is 0 Å². The van der Waals surface area contributed by atoms with Crippen LogP contribution in [0.4, 0.5) is 0 Å². The minimum atomic E-state index is 0.657. The lowest BCUT2D eigenvalue weighted by Gasteiger charge is -2.11. The summed E-state index contributed by atoms with van der Waals surface area (Å²) in [5.74, 6) is 1.98. The van der Waals surface area contributed by atoms with E-state index in [-0.39, 0.29) is 0 Å². The molecule has 6 heteroatoms. The van der Waals surface area contributed by atoms with E-state index < -0.39 is 0 Å². The molecule has 0 spiro atoms. The largest absolute Gasteiger partial charge is 0.316 e. The van der Waals surface area contributed by atoms with Crippen LogP contribution in [0.25, 0.3) is 98.4 Å². The SMILES string of the molecule is c1ccc(-c2nc(-c3ccccc3)nc(-c3cccc4c3sc3c(-n5c6ccccc6c6ccc7c(ccn7-c7ccccc7)c65)cccc34)n2)cc1. The van der Waals surface area contributed by atoms with E-state index in [1.165, 1.54) is 48.2 Å². The number of benzene rings is 7. The Morgan fingerprint density at radius 1 is 0.396 bits per heavy atom. The highest BCUT2D eigenvalue weighted by Gasteiger charge is 2.21. The average Bonchev–Trinajstić information content (AvgIpc) is 3.94. The minimum absolute atomic E-state index is 0.657. The monoisotopic (exact) mass is 695 g/mol. The highest BCUT2D eigenvalue weighted by Crippen LogP contribution is 2.45. The van der Waals surface area contributed by atoms with Gasteiger partial charge in [0.1, 0.15) is 0 Å². The first-order valence-corrected chi connectivity index (χ1v) is 18.5. The van der Waals surface area contributed by atoms with Crippen molar-refractivity contribution in [1.29, 1.82) is 0 Å². The molecule has 7 aromatic carbocycles. The van der Waals surface area contributed by atoms with E-state index in [1.807, 2.05) is 47.7 Å². The Kier molecular flexibility index (Phi) is 6.66. The van der Waals surface area contributed by atoms with Crippen molar-refractivity contribution in [3.05, 3.63) is 176 Å². The van der Waals surface area contributed by atoms with Crippen LogP contribution in [-0.4, -0.2) is 24.1 Å². The molecule has 0 aliphatic carbocycles. The van der Waals surface area contributed by atoms with E-state index in [0.717, 1.165) is 32.8 Å². The molecule has 4 heterocycles. The molecule has 0 radical (unpaired) electrons. The fourth-order valence-electron chi connectivity index (χ4n) is 7.83. The van der Waals surface area contributed by atoms with Gasteiger partial charge in [-0.05, 0) is 42.5 Å². The summed E-state index contributed by atoms with van der Waals surface area (Å²) in [6.07, 6.45) is 2.19. The zero-order valence-corrected chi connectivity index (χ0v) is 29.2. The molecule has 0 fully saturated rings. The summed E-state index contributed by atoms with van der Waals surface area (Å²) in [6, 6.07) is 59.7. The van der Waals surface area contributed by atoms with E-state index in [4.69, 9.17) is 15.0 Å². The van der Waals surface area contributed by atoms with Crippen LogP contribution in [0.2, 0.25) is 0 Å². The molecule has 4 aromatic heterocycles. The Labute approximate surface area is 308 Å². The van der Waals surface area contributed by atoms with Crippen molar-refractivity contribution in [3.8, 4) is 45.5 Å². The molecule has 0 N–H and O–H groups in total. The molecule has 0 atom stereocenters. The first-order chi connectivity index (χ1) is 26.3. The van der Waals surface area contributed by atoms with Gasteiger partial charge in [0.15, 0.2) is 17.5 Å². The summed E-state index contributed by atoms with van der Waals surface area (Å²) in [6.45, 7) is 0. The van der Waals surface area contributed by atoms with Crippen LogP contribution in [0.1, 0.15) is 0 Å². The van der Waals surface area contributed by atoms with Gasteiger partial charge in [-0.1, -0.05) is 127 Å².